The molecule has 2 heterocycles. The molecule has 2 rings (SSSR count). The highest BCUT2D eigenvalue weighted by Crippen LogP contribution is 2.37. The number of hydrogen-bond acceptors (Lipinski definition) is 6. The van der Waals surface area contributed by atoms with Gasteiger partial charge in [0.05, 0.1) is 10.5 Å². The number of nitro groups is 1. The second kappa shape index (κ2) is 6.30. The number of amides is 1. The largest absolute Gasteiger partial charge is 0.372 e. The molecule has 1 amide bonds. The topological polar surface area (TPSA) is 97.2 Å². The molecule has 1 aliphatic heterocycles. The first-order chi connectivity index (χ1) is 9.95. The second-order valence-electron chi connectivity index (χ2n) is 5.18. The van der Waals surface area contributed by atoms with Gasteiger partial charge in [0.25, 0.3) is 11.6 Å². The standard InChI is InChI=1S/C13H18N4O3S/c1-13(4-3-5-21-13)8-16-12(18)10-6-9(17(19)20)7-15-11(10)14-2/h6-7H,3-5,8H2,1-2H3,(H,14,15)(H,16,18). The highest BCUT2D eigenvalue weighted by molar-refractivity contribution is 8.00. The number of hydrogen-bond donors (Lipinski definition) is 2. The van der Waals surface area contributed by atoms with Crippen LogP contribution in [0.25, 0.3) is 0 Å². The number of aromatic nitrogens is 1. The molecule has 1 saturated heterocycles. The highest BCUT2D eigenvalue weighted by Gasteiger charge is 2.30. The van der Waals surface area contributed by atoms with E-state index in [1.54, 1.807) is 7.05 Å². The van der Waals surface area contributed by atoms with Crippen LogP contribution in [0.4, 0.5) is 11.5 Å². The molecule has 1 unspecified atom stereocenters. The minimum Gasteiger partial charge on any atom is -0.372 e. The average Bonchev–Trinajstić information content (AvgIpc) is 2.91. The Labute approximate surface area is 127 Å². The second-order valence-corrected chi connectivity index (χ2v) is 6.86. The van der Waals surface area contributed by atoms with E-state index in [-0.39, 0.29) is 21.9 Å². The fraction of sp³-hybridized carbons (Fsp3) is 0.538. The Balaban J connectivity index is 2.13. The summed E-state index contributed by atoms with van der Waals surface area (Å²) >= 11 is 1.85. The molecule has 0 aliphatic carbocycles. The zero-order valence-corrected chi connectivity index (χ0v) is 12.8. The molecule has 0 bridgehead atoms. The molecule has 0 radical (unpaired) electrons. The Hall–Kier alpha value is -1.83. The van der Waals surface area contributed by atoms with E-state index in [1.807, 2.05) is 11.8 Å². The van der Waals surface area contributed by atoms with Crippen molar-refractivity contribution in [3.63, 3.8) is 0 Å². The molecule has 114 valence electrons. The Kier molecular flexibility index (Phi) is 4.66. The Morgan fingerprint density at radius 1 is 1.62 bits per heavy atom. The molecule has 1 atom stereocenters. The van der Waals surface area contributed by atoms with Gasteiger partial charge in [0, 0.05) is 24.4 Å². The van der Waals surface area contributed by atoms with E-state index in [2.05, 4.69) is 22.5 Å². The van der Waals surface area contributed by atoms with Crippen molar-refractivity contribution in [2.45, 2.75) is 24.5 Å². The van der Waals surface area contributed by atoms with Crippen LogP contribution in [-0.2, 0) is 0 Å². The predicted octanol–water partition coefficient (Wildman–Crippen LogP) is 2.05. The van der Waals surface area contributed by atoms with Crippen LogP contribution < -0.4 is 10.6 Å². The number of nitrogens with zero attached hydrogens (tertiary/aromatic N) is 2. The first-order valence-corrected chi connectivity index (χ1v) is 7.68. The van der Waals surface area contributed by atoms with Gasteiger partial charge < -0.3 is 10.6 Å². The van der Waals surface area contributed by atoms with Crippen LogP contribution in [0.1, 0.15) is 30.1 Å². The van der Waals surface area contributed by atoms with Crippen molar-refractivity contribution in [1.82, 2.24) is 10.3 Å². The molecular formula is C13H18N4O3S. The molecule has 1 aromatic rings. The summed E-state index contributed by atoms with van der Waals surface area (Å²) in [5.74, 6) is 1.10. The normalized spacial score (nSPS) is 21.0. The van der Waals surface area contributed by atoms with E-state index in [4.69, 9.17) is 0 Å². The summed E-state index contributed by atoms with van der Waals surface area (Å²) in [5, 5.41) is 16.4. The summed E-state index contributed by atoms with van der Waals surface area (Å²) < 4.78 is 0.0452. The molecule has 1 aromatic heterocycles. The highest BCUT2D eigenvalue weighted by atomic mass is 32.2. The number of thioether (sulfide) groups is 1. The molecule has 1 fully saturated rings. The lowest BCUT2D eigenvalue weighted by molar-refractivity contribution is -0.385. The number of carbonyl (C=O) groups excluding carboxylic acids is 1. The van der Waals surface area contributed by atoms with Gasteiger partial charge in [-0.05, 0) is 25.5 Å². The lowest BCUT2D eigenvalue weighted by Gasteiger charge is -2.23. The van der Waals surface area contributed by atoms with E-state index in [1.165, 1.54) is 6.07 Å². The molecular weight excluding hydrogens is 292 g/mol. The molecule has 0 spiro atoms. The average molecular weight is 310 g/mol. The van der Waals surface area contributed by atoms with E-state index >= 15 is 0 Å². The summed E-state index contributed by atoms with van der Waals surface area (Å²) in [5.41, 5.74) is -0.00102. The monoisotopic (exact) mass is 310 g/mol. The van der Waals surface area contributed by atoms with Crippen LogP contribution in [-0.4, -0.2) is 39.9 Å². The van der Waals surface area contributed by atoms with Crippen molar-refractivity contribution >= 4 is 29.2 Å². The van der Waals surface area contributed by atoms with Gasteiger partial charge in [-0.2, -0.15) is 11.8 Å². The summed E-state index contributed by atoms with van der Waals surface area (Å²) in [6.45, 7) is 2.66. The van der Waals surface area contributed by atoms with Crippen molar-refractivity contribution in [3.05, 3.63) is 27.9 Å². The molecule has 7 nitrogen and oxygen atoms in total. The zero-order valence-electron chi connectivity index (χ0n) is 12.0. The van der Waals surface area contributed by atoms with Gasteiger partial charge in [0.15, 0.2) is 0 Å². The van der Waals surface area contributed by atoms with E-state index in [0.717, 1.165) is 24.8 Å². The maximum Gasteiger partial charge on any atom is 0.288 e. The van der Waals surface area contributed by atoms with E-state index < -0.39 is 4.92 Å². The fourth-order valence-corrected chi connectivity index (χ4v) is 3.51. The number of nitrogens with one attached hydrogen (secondary N) is 2. The predicted molar refractivity (Wildman–Crippen MR) is 82.9 cm³/mol. The van der Waals surface area contributed by atoms with Gasteiger partial charge in [-0.25, -0.2) is 4.98 Å². The zero-order chi connectivity index (χ0) is 15.5. The van der Waals surface area contributed by atoms with Gasteiger partial charge in [-0.15, -0.1) is 0 Å². The Morgan fingerprint density at radius 3 is 2.95 bits per heavy atom. The molecule has 0 aromatic carbocycles. The minimum absolute atomic E-state index is 0.0452. The van der Waals surface area contributed by atoms with Crippen LogP contribution in [0.3, 0.4) is 0 Å². The van der Waals surface area contributed by atoms with Crippen LogP contribution in [0, 0.1) is 10.1 Å². The van der Waals surface area contributed by atoms with Crippen molar-refractivity contribution in [2.75, 3.05) is 24.7 Å². The van der Waals surface area contributed by atoms with Gasteiger partial charge in [0.2, 0.25) is 0 Å². The van der Waals surface area contributed by atoms with Gasteiger partial charge in [-0.3, -0.25) is 14.9 Å². The first-order valence-electron chi connectivity index (χ1n) is 6.69. The number of carbonyl (C=O) groups is 1. The molecule has 0 saturated carbocycles. The van der Waals surface area contributed by atoms with Crippen molar-refractivity contribution < 1.29 is 9.72 Å². The summed E-state index contributed by atoms with van der Waals surface area (Å²) in [6, 6.07) is 1.25. The third-order valence-corrected chi connectivity index (χ3v) is 5.03. The van der Waals surface area contributed by atoms with Crippen LogP contribution in [0.5, 0.6) is 0 Å². The maximum absolute atomic E-state index is 12.3. The number of pyridine rings is 1. The van der Waals surface area contributed by atoms with Gasteiger partial charge >= 0.3 is 0 Å². The Morgan fingerprint density at radius 2 is 2.38 bits per heavy atom. The van der Waals surface area contributed by atoms with Crippen LogP contribution in [0.2, 0.25) is 0 Å². The van der Waals surface area contributed by atoms with Crippen LogP contribution >= 0.6 is 11.8 Å². The summed E-state index contributed by atoms with van der Waals surface area (Å²) in [6.07, 6.45) is 3.35. The quantitative estimate of drug-likeness (QED) is 0.638. The molecule has 2 N–H and O–H groups in total. The number of rotatable bonds is 5. The van der Waals surface area contributed by atoms with E-state index in [9.17, 15) is 14.9 Å². The third kappa shape index (κ3) is 3.63. The van der Waals surface area contributed by atoms with Crippen molar-refractivity contribution in [1.29, 1.82) is 0 Å². The molecule has 21 heavy (non-hydrogen) atoms. The van der Waals surface area contributed by atoms with Crippen molar-refractivity contribution in [2.24, 2.45) is 0 Å². The first kappa shape index (κ1) is 15.6. The van der Waals surface area contributed by atoms with Crippen LogP contribution in [0.15, 0.2) is 12.3 Å². The summed E-state index contributed by atoms with van der Waals surface area (Å²) in [4.78, 5) is 26.4. The Bertz CT molecular complexity index is 558. The smallest absolute Gasteiger partial charge is 0.288 e. The number of anilines is 1. The van der Waals surface area contributed by atoms with E-state index in [0.29, 0.717) is 12.4 Å². The van der Waals surface area contributed by atoms with Crippen molar-refractivity contribution in [3.8, 4) is 0 Å². The third-order valence-electron chi connectivity index (χ3n) is 3.49. The molecule has 1 aliphatic rings. The van der Waals surface area contributed by atoms with Gasteiger partial charge in [0.1, 0.15) is 12.0 Å². The lowest BCUT2D eigenvalue weighted by atomic mass is 10.1. The van der Waals surface area contributed by atoms with Gasteiger partial charge in [-0.1, -0.05) is 0 Å². The molecule has 8 heteroatoms. The summed E-state index contributed by atoms with van der Waals surface area (Å²) in [7, 11) is 1.62. The lowest BCUT2D eigenvalue weighted by Crippen LogP contribution is -2.37. The fourth-order valence-electron chi connectivity index (χ4n) is 2.26. The maximum atomic E-state index is 12.3. The minimum atomic E-state index is -0.558. The SMILES string of the molecule is CNc1ncc([N+](=O)[O-])cc1C(=O)NCC1(C)CCCS1.